The van der Waals surface area contributed by atoms with Gasteiger partial charge in [-0.2, -0.15) is 0 Å². The molecule has 1 fully saturated rings. The van der Waals surface area contributed by atoms with Crippen molar-refractivity contribution in [1.82, 2.24) is 19.9 Å². The highest BCUT2D eigenvalue weighted by Gasteiger charge is 2.15. The van der Waals surface area contributed by atoms with Crippen LogP contribution in [-0.4, -0.2) is 53.1 Å². The summed E-state index contributed by atoms with van der Waals surface area (Å²) in [5.74, 6) is 0.643. The van der Waals surface area contributed by atoms with E-state index in [2.05, 4.69) is 69.8 Å². The van der Waals surface area contributed by atoms with E-state index in [0.29, 0.717) is 5.95 Å². The Morgan fingerprint density at radius 2 is 1.74 bits per heavy atom. The monoisotopic (exact) mass is 409 g/mol. The summed E-state index contributed by atoms with van der Waals surface area (Å²) in [6, 6.07) is 20.8. The minimum absolute atomic E-state index is 0.643. The molecule has 3 aromatic carbocycles. The van der Waals surface area contributed by atoms with Gasteiger partial charge >= 0.3 is 0 Å². The third-order valence-corrected chi connectivity index (χ3v) is 6.06. The molecule has 0 spiro atoms. The molecule has 31 heavy (non-hydrogen) atoms. The fourth-order valence-electron chi connectivity index (χ4n) is 4.29. The molecule has 0 unspecified atom stereocenters. The maximum absolute atomic E-state index is 6.21. The van der Waals surface area contributed by atoms with Gasteiger partial charge in [0.1, 0.15) is 11.2 Å². The summed E-state index contributed by atoms with van der Waals surface area (Å²) in [4.78, 5) is 11.6. The van der Waals surface area contributed by atoms with E-state index in [9.17, 15) is 0 Å². The topological polar surface area (TPSA) is 57.4 Å². The molecule has 6 nitrogen and oxygen atoms in total. The van der Waals surface area contributed by atoms with E-state index in [4.69, 9.17) is 9.40 Å². The van der Waals surface area contributed by atoms with E-state index in [1.165, 1.54) is 0 Å². The van der Waals surface area contributed by atoms with Gasteiger partial charge in [-0.3, -0.25) is 5.43 Å². The highest BCUT2D eigenvalue weighted by Crippen LogP contribution is 2.36. The fourth-order valence-corrected chi connectivity index (χ4v) is 4.29. The Morgan fingerprint density at radius 1 is 0.903 bits per heavy atom. The van der Waals surface area contributed by atoms with Crippen molar-refractivity contribution in [3.05, 3.63) is 66.9 Å². The molecular formula is C25H23N5O. The molecule has 0 aliphatic carbocycles. The Bertz CT molecular complexity index is 1400. The molecule has 1 aliphatic rings. The Morgan fingerprint density at radius 3 is 2.65 bits per heavy atom. The summed E-state index contributed by atoms with van der Waals surface area (Å²) < 4.78 is 6.21. The van der Waals surface area contributed by atoms with Gasteiger partial charge in [-0.25, -0.2) is 15.0 Å². The van der Waals surface area contributed by atoms with Crippen molar-refractivity contribution in [2.24, 2.45) is 0 Å². The molecule has 1 aliphatic heterocycles. The van der Waals surface area contributed by atoms with Gasteiger partial charge < -0.3 is 9.32 Å². The minimum atomic E-state index is 0.643. The fraction of sp³-hybridized carbons (Fsp3) is 0.200. The molecule has 0 amide bonds. The third kappa shape index (κ3) is 3.30. The largest absolute Gasteiger partial charge is 0.455 e. The van der Waals surface area contributed by atoms with Gasteiger partial charge in [0.05, 0.1) is 5.52 Å². The molecule has 1 N–H and O–H groups in total. The first-order chi connectivity index (χ1) is 15.2. The minimum Gasteiger partial charge on any atom is -0.455 e. The van der Waals surface area contributed by atoms with E-state index < -0.39 is 0 Å². The molecule has 6 heteroatoms. The van der Waals surface area contributed by atoms with E-state index in [0.717, 1.165) is 70.1 Å². The van der Waals surface area contributed by atoms with Crippen LogP contribution in [-0.2, 0) is 0 Å². The SMILES string of the molecule is CN1CCN(Nc2ncc3cc(-c4cccc5c4oc4ccccc45)ccc3n2)CC1. The van der Waals surface area contributed by atoms with Gasteiger partial charge in [-0.15, -0.1) is 0 Å². The van der Waals surface area contributed by atoms with Gasteiger partial charge in [-0.1, -0.05) is 42.5 Å². The maximum Gasteiger partial charge on any atom is 0.238 e. The Kier molecular flexibility index (Phi) is 4.33. The molecule has 0 atom stereocenters. The van der Waals surface area contributed by atoms with E-state index in [1.54, 1.807) is 0 Å². The summed E-state index contributed by atoms with van der Waals surface area (Å²) in [6.45, 7) is 3.99. The number of rotatable bonds is 3. The summed E-state index contributed by atoms with van der Waals surface area (Å²) in [7, 11) is 2.15. The highest BCUT2D eigenvalue weighted by molar-refractivity contribution is 6.09. The molecule has 154 valence electrons. The first kappa shape index (κ1) is 18.3. The lowest BCUT2D eigenvalue weighted by molar-refractivity contribution is 0.178. The lowest BCUT2D eigenvalue weighted by Crippen LogP contribution is -2.47. The quantitative estimate of drug-likeness (QED) is 0.463. The van der Waals surface area contributed by atoms with Gasteiger partial charge in [0.2, 0.25) is 5.95 Å². The molecule has 0 radical (unpaired) electrons. The smallest absolute Gasteiger partial charge is 0.238 e. The average Bonchev–Trinajstić information content (AvgIpc) is 3.19. The lowest BCUT2D eigenvalue weighted by Gasteiger charge is -2.32. The number of hydrazine groups is 1. The Labute approximate surface area is 180 Å². The van der Waals surface area contributed by atoms with Crippen LogP contribution in [0.5, 0.6) is 0 Å². The summed E-state index contributed by atoms with van der Waals surface area (Å²) in [6.07, 6.45) is 1.89. The average molecular weight is 409 g/mol. The number of piperazine rings is 1. The van der Waals surface area contributed by atoms with Crippen LogP contribution in [0.15, 0.2) is 71.3 Å². The van der Waals surface area contributed by atoms with Gasteiger partial charge in [-0.05, 0) is 30.8 Å². The number of furan rings is 1. The van der Waals surface area contributed by atoms with Crippen molar-refractivity contribution in [1.29, 1.82) is 0 Å². The summed E-state index contributed by atoms with van der Waals surface area (Å²) in [5.41, 5.74) is 8.27. The van der Waals surface area contributed by atoms with E-state index in [1.807, 2.05) is 24.4 Å². The van der Waals surface area contributed by atoms with Crippen molar-refractivity contribution < 1.29 is 4.42 Å². The highest BCUT2D eigenvalue weighted by atomic mass is 16.3. The second-order valence-electron chi connectivity index (χ2n) is 8.15. The first-order valence-corrected chi connectivity index (χ1v) is 10.6. The van der Waals surface area contributed by atoms with Crippen molar-refractivity contribution in [2.45, 2.75) is 0 Å². The van der Waals surface area contributed by atoms with Crippen LogP contribution >= 0.6 is 0 Å². The lowest BCUT2D eigenvalue weighted by atomic mass is 10.0. The summed E-state index contributed by atoms with van der Waals surface area (Å²) >= 11 is 0. The van der Waals surface area contributed by atoms with Crippen LogP contribution in [0, 0.1) is 0 Å². The Balaban J connectivity index is 1.35. The van der Waals surface area contributed by atoms with E-state index in [-0.39, 0.29) is 0 Å². The van der Waals surface area contributed by atoms with Gasteiger partial charge in [0.25, 0.3) is 0 Å². The molecule has 2 aromatic heterocycles. The number of nitrogens with zero attached hydrogens (tertiary/aromatic N) is 4. The van der Waals surface area contributed by atoms with Crippen molar-refractivity contribution in [3.63, 3.8) is 0 Å². The van der Waals surface area contributed by atoms with Crippen LogP contribution in [0.25, 0.3) is 44.0 Å². The molecular weight excluding hydrogens is 386 g/mol. The van der Waals surface area contributed by atoms with Crippen molar-refractivity contribution in [2.75, 3.05) is 38.7 Å². The molecule has 3 heterocycles. The normalized spacial score (nSPS) is 15.8. The number of aromatic nitrogens is 2. The van der Waals surface area contributed by atoms with E-state index >= 15 is 0 Å². The molecule has 5 aromatic rings. The number of hydrogen-bond acceptors (Lipinski definition) is 6. The van der Waals surface area contributed by atoms with Crippen LogP contribution in [0.2, 0.25) is 0 Å². The zero-order valence-corrected chi connectivity index (χ0v) is 17.4. The predicted molar refractivity (Wildman–Crippen MR) is 125 cm³/mol. The number of likely N-dealkylation sites (N-methyl/N-ethyl adjacent to an activating group) is 1. The maximum atomic E-state index is 6.21. The van der Waals surface area contributed by atoms with Crippen LogP contribution in [0.3, 0.4) is 0 Å². The zero-order chi connectivity index (χ0) is 20.8. The Hall–Kier alpha value is -3.48. The van der Waals surface area contributed by atoms with Crippen LogP contribution in [0.4, 0.5) is 5.95 Å². The number of hydrogen-bond donors (Lipinski definition) is 1. The second kappa shape index (κ2) is 7.34. The number of benzene rings is 3. The van der Waals surface area contributed by atoms with Gasteiger partial charge in [0.15, 0.2) is 0 Å². The number of para-hydroxylation sites is 2. The number of nitrogens with one attached hydrogen (secondary N) is 1. The molecule has 6 rings (SSSR count). The van der Waals surface area contributed by atoms with Gasteiger partial charge in [0, 0.05) is 54.1 Å². The zero-order valence-electron chi connectivity index (χ0n) is 17.4. The second-order valence-corrected chi connectivity index (χ2v) is 8.15. The standard InChI is InChI=1S/C25H23N5O/c1-29-11-13-30(14-12-29)28-25-26-16-18-15-17(9-10-22(18)27-25)19-6-4-7-21-20-5-2-3-8-23(20)31-24(19)21/h2-10,15-16H,11-14H2,1H3,(H,26,27,28). The molecule has 1 saturated heterocycles. The third-order valence-electron chi connectivity index (χ3n) is 6.06. The molecule has 0 bridgehead atoms. The predicted octanol–water partition coefficient (Wildman–Crippen LogP) is 4.77. The first-order valence-electron chi connectivity index (χ1n) is 10.6. The number of anilines is 1. The van der Waals surface area contributed by atoms with Crippen LogP contribution < -0.4 is 5.43 Å². The van der Waals surface area contributed by atoms with Crippen molar-refractivity contribution in [3.8, 4) is 11.1 Å². The number of fused-ring (bicyclic) bond motifs is 4. The molecule has 0 saturated carbocycles. The summed E-state index contributed by atoms with van der Waals surface area (Å²) in [5, 5.41) is 5.46. The van der Waals surface area contributed by atoms with Crippen LogP contribution in [0.1, 0.15) is 0 Å². The van der Waals surface area contributed by atoms with Crippen molar-refractivity contribution >= 4 is 38.8 Å².